The van der Waals surface area contributed by atoms with Crippen LogP contribution < -0.4 is 5.32 Å². The SMILES string of the molecule is CC(=O)O[C@](/C=C/C=O)(CO)[C@@H]1/C(C)=C(/O)C(=O)C2=C(C)[C@@H](OC(=O)[C@H](O)[C@@H](NC(=O)OC(C)(C)C)c3ccccc3)C[C@@](O)([C@H]1OC(=O)c1ccccc1)C2(C)C. The van der Waals surface area contributed by atoms with Gasteiger partial charge in [-0.1, -0.05) is 62.4 Å². The summed E-state index contributed by atoms with van der Waals surface area (Å²) in [6.45, 7) is 10.3. The van der Waals surface area contributed by atoms with Crippen molar-refractivity contribution in [3.05, 3.63) is 106 Å². The lowest BCUT2D eigenvalue weighted by Gasteiger charge is -2.56. The fourth-order valence-electron chi connectivity index (χ4n) is 7.76. The van der Waals surface area contributed by atoms with E-state index in [1.807, 2.05) is 0 Å². The zero-order chi connectivity index (χ0) is 43.4. The number of allylic oxidation sites excluding steroid dienone is 2. The number of alkyl carbamates (subject to hydrolysis) is 1. The Balaban J connectivity index is 1.94. The minimum atomic E-state index is -2.49. The van der Waals surface area contributed by atoms with Crippen LogP contribution in [-0.2, 0) is 38.1 Å². The summed E-state index contributed by atoms with van der Waals surface area (Å²) < 4.78 is 23.0. The van der Waals surface area contributed by atoms with Gasteiger partial charge in [0, 0.05) is 24.3 Å². The second-order valence-corrected chi connectivity index (χ2v) is 15.9. The maximum absolute atomic E-state index is 14.4. The number of ether oxygens (including phenoxy) is 4. The molecular formula is C43H51NO14. The number of aliphatic hydroxyl groups is 4. The Kier molecular flexibility index (Phi) is 13.6. The fraction of sp³-hybridized carbons (Fsp3) is 0.442. The molecule has 0 radical (unpaired) electrons. The number of esters is 3. The molecule has 2 aromatic rings. The summed E-state index contributed by atoms with van der Waals surface area (Å²) in [5.41, 5.74) is -7.71. The Morgan fingerprint density at radius 2 is 1.53 bits per heavy atom. The molecule has 2 aliphatic carbocycles. The third kappa shape index (κ3) is 9.06. The number of hydrogen-bond donors (Lipinski definition) is 5. The highest BCUT2D eigenvalue weighted by Crippen LogP contribution is 2.56. The largest absolute Gasteiger partial charge is 0.504 e. The molecule has 0 saturated carbocycles. The first-order valence-corrected chi connectivity index (χ1v) is 18.6. The topological polar surface area (TPSA) is 232 Å². The first kappa shape index (κ1) is 45.1. The Hall–Kier alpha value is -5.64. The maximum Gasteiger partial charge on any atom is 0.408 e. The van der Waals surface area contributed by atoms with Crippen molar-refractivity contribution in [3.63, 3.8) is 0 Å². The van der Waals surface area contributed by atoms with E-state index in [4.69, 9.17) is 18.9 Å². The number of carbonyl (C=O) groups excluding carboxylic acids is 6. The smallest absolute Gasteiger partial charge is 0.408 e. The third-order valence-electron chi connectivity index (χ3n) is 10.6. The lowest BCUT2D eigenvalue weighted by molar-refractivity contribution is -0.209. The van der Waals surface area contributed by atoms with Gasteiger partial charge in [-0.05, 0) is 75.6 Å². The molecule has 5 N–H and O–H groups in total. The number of Topliss-reactive ketones (excluding diaryl/α,β-unsaturated/α-hetero) is 1. The number of amides is 1. The molecule has 0 aliphatic heterocycles. The first-order chi connectivity index (χ1) is 27.0. The number of carbonyl (C=O) groups is 6. The van der Waals surface area contributed by atoms with E-state index >= 15 is 0 Å². The van der Waals surface area contributed by atoms with Gasteiger partial charge in [0.1, 0.15) is 29.7 Å². The van der Waals surface area contributed by atoms with Gasteiger partial charge in [0.25, 0.3) is 0 Å². The number of rotatable bonds is 12. The summed E-state index contributed by atoms with van der Waals surface area (Å²) in [5, 5.41) is 50.0. The van der Waals surface area contributed by atoms with Gasteiger partial charge in [0.2, 0.25) is 5.78 Å². The van der Waals surface area contributed by atoms with E-state index in [9.17, 15) is 49.2 Å². The van der Waals surface area contributed by atoms with Crippen LogP contribution in [-0.4, -0.2) is 98.2 Å². The van der Waals surface area contributed by atoms with Crippen LogP contribution in [0.15, 0.2) is 95.3 Å². The van der Waals surface area contributed by atoms with Crippen LogP contribution in [0.1, 0.15) is 83.8 Å². The quantitative estimate of drug-likeness (QED) is 0.0872. The molecule has 0 saturated heterocycles. The van der Waals surface area contributed by atoms with Crippen LogP contribution >= 0.6 is 0 Å². The van der Waals surface area contributed by atoms with Gasteiger partial charge in [0.15, 0.2) is 17.5 Å². The van der Waals surface area contributed by atoms with Gasteiger partial charge in [-0.3, -0.25) is 14.4 Å². The van der Waals surface area contributed by atoms with Crippen LogP contribution in [0.5, 0.6) is 0 Å². The van der Waals surface area contributed by atoms with E-state index < -0.39 is 101 Å². The Bertz CT molecular complexity index is 2000. The molecule has 7 atom stereocenters. The van der Waals surface area contributed by atoms with Crippen LogP contribution in [0.25, 0.3) is 0 Å². The van der Waals surface area contributed by atoms with E-state index in [1.54, 1.807) is 69.3 Å². The number of fused-ring (bicyclic) bond motifs is 2. The molecule has 2 aromatic carbocycles. The number of nitrogens with one attached hydrogen (secondary N) is 1. The molecule has 0 unspecified atom stereocenters. The summed E-state index contributed by atoms with van der Waals surface area (Å²) in [6.07, 6.45) is -4.99. The summed E-state index contributed by atoms with van der Waals surface area (Å²) in [5.74, 6) is -7.05. The molecule has 58 heavy (non-hydrogen) atoms. The molecule has 15 nitrogen and oxygen atoms in total. The maximum atomic E-state index is 14.4. The van der Waals surface area contributed by atoms with Crippen molar-refractivity contribution in [2.24, 2.45) is 11.3 Å². The summed E-state index contributed by atoms with van der Waals surface area (Å²) >= 11 is 0. The summed E-state index contributed by atoms with van der Waals surface area (Å²) in [6, 6.07) is 14.2. The molecule has 0 heterocycles. The normalized spacial score (nSPS) is 25.3. The minimum absolute atomic E-state index is 0.00969. The molecule has 312 valence electrons. The molecule has 15 heteroatoms. The van der Waals surface area contributed by atoms with Crippen LogP contribution in [0.2, 0.25) is 0 Å². The van der Waals surface area contributed by atoms with Gasteiger partial charge < -0.3 is 44.7 Å². The van der Waals surface area contributed by atoms with E-state index in [2.05, 4.69) is 5.32 Å². The fourth-order valence-corrected chi connectivity index (χ4v) is 7.76. The predicted octanol–water partition coefficient (Wildman–Crippen LogP) is 4.31. The van der Waals surface area contributed by atoms with Crippen molar-refractivity contribution in [2.75, 3.05) is 6.61 Å². The zero-order valence-electron chi connectivity index (χ0n) is 33.7. The van der Waals surface area contributed by atoms with E-state index in [-0.39, 0.29) is 22.3 Å². The lowest BCUT2D eigenvalue weighted by Crippen LogP contribution is -2.68. The predicted molar refractivity (Wildman–Crippen MR) is 207 cm³/mol. The summed E-state index contributed by atoms with van der Waals surface area (Å²) in [7, 11) is 0. The average Bonchev–Trinajstić information content (AvgIpc) is 3.16. The molecule has 2 bridgehead atoms. The highest BCUT2D eigenvalue weighted by atomic mass is 16.6. The van der Waals surface area contributed by atoms with Crippen molar-refractivity contribution in [2.45, 2.75) is 103 Å². The number of hydrogen-bond acceptors (Lipinski definition) is 14. The molecule has 1 amide bonds. The second kappa shape index (κ2) is 17.5. The van der Waals surface area contributed by atoms with E-state index in [0.717, 1.165) is 19.1 Å². The molecule has 0 fully saturated rings. The second-order valence-electron chi connectivity index (χ2n) is 15.9. The van der Waals surface area contributed by atoms with Crippen LogP contribution in [0, 0.1) is 11.3 Å². The lowest BCUT2D eigenvalue weighted by atomic mass is 9.54. The highest BCUT2D eigenvalue weighted by molar-refractivity contribution is 6.09. The van der Waals surface area contributed by atoms with Crippen molar-refractivity contribution in [3.8, 4) is 0 Å². The van der Waals surface area contributed by atoms with E-state index in [1.165, 1.54) is 39.8 Å². The summed E-state index contributed by atoms with van der Waals surface area (Å²) in [4.78, 5) is 79.7. The van der Waals surface area contributed by atoms with E-state index in [0.29, 0.717) is 11.8 Å². The Morgan fingerprint density at radius 3 is 2.07 bits per heavy atom. The number of aldehydes is 1. The minimum Gasteiger partial charge on any atom is -0.504 e. The van der Waals surface area contributed by atoms with Gasteiger partial charge >= 0.3 is 24.0 Å². The first-order valence-electron chi connectivity index (χ1n) is 18.6. The Morgan fingerprint density at radius 1 is 0.948 bits per heavy atom. The monoisotopic (exact) mass is 805 g/mol. The number of aliphatic hydroxyl groups excluding tert-OH is 3. The van der Waals surface area contributed by atoms with Crippen molar-refractivity contribution >= 4 is 36.1 Å². The van der Waals surface area contributed by atoms with Crippen LogP contribution in [0.4, 0.5) is 4.79 Å². The molecule has 4 rings (SSSR count). The van der Waals surface area contributed by atoms with Gasteiger partial charge in [0.05, 0.1) is 24.1 Å². The van der Waals surface area contributed by atoms with Crippen molar-refractivity contribution in [1.82, 2.24) is 5.32 Å². The molecular weight excluding hydrogens is 754 g/mol. The molecule has 0 spiro atoms. The number of ketones is 1. The third-order valence-corrected chi connectivity index (χ3v) is 10.6. The van der Waals surface area contributed by atoms with Crippen LogP contribution in [0.3, 0.4) is 0 Å². The van der Waals surface area contributed by atoms with Gasteiger partial charge in [-0.15, -0.1) is 0 Å². The molecule has 0 aromatic heterocycles. The number of benzene rings is 2. The standard InChI is InChI=1S/C43H51NO14/c1-24-29(55-38(52)35(50)32(27-16-11-9-12-17-27)44-39(53)58-40(4,5)6)22-43(54)36(56-37(51)28-18-13-10-14-19-28)31(42(23-46,20-15-21-45)57-26(3)47)25(2)33(48)34(49)30(24)41(43,7)8/h9-21,29,31-32,35-36,46,48,50,54H,22-23H2,1-8H3,(H,44,53)/b20-15+,33-25+/t29-,31+,32-,35+,36-,42+,43+/m0/s1. The van der Waals surface area contributed by atoms with Gasteiger partial charge in [-0.25, -0.2) is 14.4 Å². The molecule has 2 aliphatic rings. The van der Waals surface area contributed by atoms with Crippen molar-refractivity contribution < 1.29 is 68.1 Å². The highest BCUT2D eigenvalue weighted by Gasteiger charge is 2.66. The Labute approximate surface area is 336 Å². The zero-order valence-corrected chi connectivity index (χ0v) is 33.7. The van der Waals surface area contributed by atoms with Gasteiger partial charge in [-0.2, -0.15) is 0 Å². The average molecular weight is 806 g/mol. The van der Waals surface area contributed by atoms with Crippen molar-refractivity contribution in [1.29, 1.82) is 0 Å².